The molecular formula is C18H20F3N5O2. The van der Waals surface area contributed by atoms with Crippen LogP contribution in [0.4, 0.5) is 25.1 Å². The van der Waals surface area contributed by atoms with Crippen LogP contribution in [-0.2, 0) is 15.8 Å². The summed E-state index contributed by atoms with van der Waals surface area (Å²) in [6.45, 7) is 6.55. The first-order valence-corrected chi connectivity index (χ1v) is 8.53. The summed E-state index contributed by atoms with van der Waals surface area (Å²) in [6, 6.07) is 4.77. The summed E-state index contributed by atoms with van der Waals surface area (Å²) in [6.07, 6.45) is -4.63. The lowest BCUT2D eigenvalue weighted by Crippen LogP contribution is -2.23. The quantitative estimate of drug-likeness (QED) is 0.804. The van der Waals surface area contributed by atoms with E-state index in [-0.39, 0.29) is 23.3 Å². The zero-order chi connectivity index (χ0) is 21.1. The van der Waals surface area contributed by atoms with Crippen LogP contribution in [0.5, 0.6) is 0 Å². The number of aromatic nitrogens is 3. The molecule has 0 fully saturated rings. The van der Waals surface area contributed by atoms with E-state index in [1.807, 2.05) is 0 Å². The number of rotatable bonds is 5. The van der Waals surface area contributed by atoms with Crippen LogP contribution in [0, 0.1) is 11.8 Å². The number of nitrogens with zero attached hydrogens (tertiary/aromatic N) is 3. The van der Waals surface area contributed by atoms with Crippen molar-refractivity contribution in [3.05, 3.63) is 29.8 Å². The Morgan fingerprint density at radius 3 is 1.75 bits per heavy atom. The summed E-state index contributed by atoms with van der Waals surface area (Å²) >= 11 is 0. The number of hydrogen-bond acceptors (Lipinski definition) is 5. The van der Waals surface area contributed by atoms with Crippen molar-refractivity contribution in [2.45, 2.75) is 33.9 Å². The molecule has 150 valence electrons. The maximum atomic E-state index is 13.4. The number of carbonyl (C=O) groups is 2. The van der Waals surface area contributed by atoms with E-state index in [2.05, 4.69) is 25.6 Å². The van der Waals surface area contributed by atoms with Crippen LogP contribution in [0.25, 0.3) is 11.4 Å². The standard InChI is InChI=1S/C18H20F3N5O2/c1-9(2)14(27)24-16-22-13(23-17(26-16)25-15(28)10(3)4)11-7-5-6-8-12(11)18(19,20)21/h5-10H,1-4H3,(H2,22,23,24,25,26,27,28). The van der Waals surface area contributed by atoms with Crippen LogP contribution in [-0.4, -0.2) is 26.8 Å². The second-order valence-corrected chi connectivity index (χ2v) is 6.64. The number of halogens is 3. The Morgan fingerprint density at radius 2 is 1.32 bits per heavy atom. The fraction of sp³-hybridized carbons (Fsp3) is 0.389. The van der Waals surface area contributed by atoms with E-state index in [0.717, 1.165) is 6.07 Å². The highest BCUT2D eigenvalue weighted by Crippen LogP contribution is 2.36. The smallest absolute Gasteiger partial charge is 0.294 e. The molecule has 0 radical (unpaired) electrons. The Bertz CT molecular complexity index is 842. The van der Waals surface area contributed by atoms with Gasteiger partial charge in [-0.3, -0.25) is 20.2 Å². The maximum Gasteiger partial charge on any atom is 0.417 e. The van der Waals surface area contributed by atoms with Crippen molar-refractivity contribution in [3.63, 3.8) is 0 Å². The van der Waals surface area contributed by atoms with E-state index < -0.39 is 35.4 Å². The van der Waals surface area contributed by atoms with E-state index in [4.69, 9.17) is 0 Å². The van der Waals surface area contributed by atoms with Gasteiger partial charge in [0.2, 0.25) is 23.7 Å². The molecule has 1 aromatic carbocycles. The van der Waals surface area contributed by atoms with Gasteiger partial charge in [-0.25, -0.2) is 0 Å². The SMILES string of the molecule is CC(C)C(=O)Nc1nc(NC(=O)C(C)C)nc(-c2ccccc2C(F)(F)F)n1. The molecule has 0 saturated heterocycles. The van der Waals surface area contributed by atoms with Gasteiger partial charge < -0.3 is 0 Å². The third kappa shape index (κ3) is 5.24. The average molecular weight is 395 g/mol. The van der Waals surface area contributed by atoms with Gasteiger partial charge in [-0.05, 0) is 6.07 Å². The molecule has 0 aliphatic heterocycles. The number of carbonyl (C=O) groups excluding carboxylic acids is 2. The van der Waals surface area contributed by atoms with Crippen LogP contribution in [0.15, 0.2) is 24.3 Å². The highest BCUT2D eigenvalue weighted by atomic mass is 19.4. The first kappa shape index (κ1) is 21.3. The predicted octanol–water partition coefficient (Wildman–Crippen LogP) is 3.75. The van der Waals surface area contributed by atoms with Gasteiger partial charge in [0, 0.05) is 17.4 Å². The Morgan fingerprint density at radius 1 is 0.857 bits per heavy atom. The van der Waals surface area contributed by atoms with Gasteiger partial charge in [-0.1, -0.05) is 45.9 Å². The van der Waals surface area contributed by atoms with Gasteiger partial charge in [-0.15, -0.1) is 0 Å². The summed E-state index contributed by atoms with van der Waals surface area (Å²) in [5.41, 5.74) is -1.24. The molecule has 2 aromatic rings. The number of nitrogens with one attached hydrogen (secondary N) is 2. The zero-order valence-corrected chi connectivity index (χ0v) is 15.8. The second-order valence-electron chi connectivity index (χ2n) is 6.64. The van der Waals surface area contributed by atoms with Gasteiger partial charge in [0.15, 0.2) is 5.82 Å². The minimum atomic E-state index is -4.63. The van der Waals surface area contributed by atoms with Crippen molar-refractivity contribution in [3.8, 4) is 11.4 Å². The van der Waals surface area contributed by atoms with Gasteiger partial charge in [0.25, 0.3) is 0 Å². The molecule has 7 nitrogen and oxygen atoms in total. The molecular weight excluding hydrogens is 375 g/mol. The number of benzene rings is 1. The molecule has 1 aromatic heterocycles. The van der Waals surface area contributed by atoms with E-state index in [0.29, 0.717) is 0 Å². The normalized spacial score (nSPS) is 11.6. The lowest BCUT2D eigenvalue weighted by molar-refractivity contribution is -0.137. The molecule has 0 saturated carbocycles. The molecule has 2 N–H and O–H groups in total. The Balaban J connectivity index is 2.57. The summed E-state index contributed by atoms with van der Waals surface area (Å²) < 4.78 is 40.1. The minimum Gasteiger partial charge on any atom is -0.294 e. The number of hydrogen-bond donors (Lipinski definition) is 2. The van der Waals surface area contributed by atoms with Crippen LogP contribution in [0.2, 0.25) is 0 Å². The maximum absolute atomic E-state index is 13.4. The van der Waals surface area contributed by atoms with Crippen LogP contribution in [0.1, 0.15) is 33.3 Å². The van der Waals surface area contributed by atoms with Crippen LogP contribution >= 0.6 is 0 Å². The fourth-order valence-electron chi connectivity index (χ4n) is 2.04. The highest BCUT2D eigenvalue weighted by Gasteiger charge is 2.34. The summed E-state index contributed by atoms with van der Waals surface area (Å²) in [5, 5.41) is 4.84. The molecule has 28 heavy (non-hydrogen) atoms. The molecule has 2 rings (SSSR count). The summed E-state index contributed by atoms with van der Waals surface area (Å²) in [7, 11) is 0. The van der Waals surface area contributed by atoms with Crippen molar-refractivity contribution < 1.29 is 22.8 Å². The van der Waals surface area contributed by atoms with Crippen LogP contribution < -0.4 is 10.6 Å². The summed E-state index contributed by atoms with van der Waals surface area (Å²) in [5.74, 6) is -2.49. The Kier molecular flexibility index (Phi) is 6.32. The lowest BCUT2D eigenvalue weighted by atomic mass is 10.1. The summed E-state index contributed by atoms with van der Waals surface area (Å²) in [4.78, 5) is 35.7. The van der Waals surface area contributed by atoms with Crippen molar-refractivity contribution >= 4 is 23.7 Å². The van der Waals surface area contributed by atoms with Gasteiger partial charge in [-0.2, -0.15) is 28.1 Å². The topological polar surface area (TPSA) is 96.9 Å². The van der Waals surface area contributed by atoms with E-state index in [1.54, 1.807) is 27.7 Å². The van der Waals surface area contributed by atoms with Gasteiger partial charge in [0.1, 0.15) is 0 Å². The molecule has 1 heterocycles. The Hall–Kier alpha value is -3.04. The minimum absolute atomic E-state index is 0.250. The molecule has 0 aliphatic rings. The fourth-order valence-corrected chi connectivity index (χ4v) is 2.04. The number of alkyl halides is 3. The molecule has 0 aliphatic carbocycles. The average Bonchev–Trinajstić information content (AvgIpc) is 2.60. The largest absolute Gasteiger partial charge is 0.417 e. The second kappa shape index (κ2) is 8.32. The third-order valence-electron chi connectivity index (χ3n) is 3.63. The van der Waals surface area contributed by atoms with Crippen LogP contribution in [0.3, 0.4) is 0 Å². The number of amides is 2. The van der Waals surface area contributed by atoms with Crippen molar-refractivity contribution in [2.24, 2.45) is 11.8 Å². The molecule has 0 spiro atoms. The van der Waals surface area contributed by atoms with E-state index in [1.165, 1.54) is 18.2 Å². The van der Waals surface area contributed by atoms with Crippen molar-refractivity contribution in [1.82, 2.24) is 15.0 Å². The van der Waals surface area contributed by atoms with Gasteiger partial charge in [0.05, 0.1) is 5.56 Å². The van der Waals surface area contributed by atoms with Crippen molar-refractivity contribution in [1.29, 1.82) is 0 Å². The highest BCUT2D eigenvalue weighted by molar-refractivity contribution is 5.92. The van der Waals surface area contributed by atoms with Gasteiger partial charge >= 0.3 is 6.18 Å². The molecule has 0 atom stereocenters. The third-order valence-corrected chi connectivity index (χ3v) is 3.63. The zero-order valence-electron chi connectivity index (χ0n) is 15.8. The molecule has 2 amide bonds. The lowest BCUT2D eigenvalue weighted by Gasteiger charge is -2.14. The van der Waals surface area contributed by atoms with Crippen molar-refractivity contribution in [2.75, 3.05) is 10.6 Å². The Labute approximate surface area is 159 Å². The monoisotopic (exact) mass is 395 g/mol. The number of anilines is 2. The van der Waals surface area contributed by atoms with E-state index in [9.17, 15) is 22.8 Å². The first-order valence-electron chi connectivity index (χ1n) is 8.53. The first-order chi connectivity index (χ1) is 13.0. The molecule has 10 heteroatoms. The predicted molar refractivity (Wildman–Crippen MR) is 97.2 cm³/mol. The molecule has 0 unspecified atom stereocenters. The van der Waals surface area contributed by atoms with E-state index >= 15 is 0 Å². The molecule has 0 bridgehead atoms.